The lowest BCUT2D eigenvalue weighted by atomic mass is 9.90. The second kappa shape index (κ2) is 10.3. The average molecular weight is 460 g/mol. The Morgan fingerprint density at radius 1 is 1.06 bits per heavy atom. The van der Waals surface area contributed by atoms with Crippen molar-refractivity contribution in [3.05, 3.63) is 71.8 Å². The van der Waals surface area contributed by atoms with Gasteiger partial charge in [0.1, 0.15) is 11.4 Å². The summed E-state index contributed by atoms with van der Waals surface area (Å²) in [5, 5.41) is 0. The van der Waals surface area contributed by atoms with E-state index >= 15 is 0 Å². The summed E-state index contributed by atoms with van der Waals surface area (Å²) < 4.78 is 5.50. The lowest BCUT2D eigenvalue weighted by Crippen LogP contribution is -2.42. The van der Waals surface area contributed by atoms with E-state index in [9.17, 15) is 4.79 Å². The zero-order valence-electron chi connectivity index (χ0n) is 20.5. The molecule has 0 aliphatic carbocycles. The molecule has 0 bridgehead atoms. The van der Waals surface area contributed by atoms with Crippen molar-refractivity contribution in [3.63, 3.8) is 0 Å². The Morgan fingerprint density at radius 2 is 1.79 bits per heavy atom. The Bertz CT molecular complexity index is 1120. The zero-order valence-corrected chi connectivity index (χ0v) is 20.5. The van der Waals surface area contributed by atoms with Crippen molar-refractivity contribution >= 4 is 6.09 Å². The van der Waals surface area contributed by atoms with E-state index < -0.39 is 5.60 Å². The van der Waals surface area contributed by atoms with Crippen LogP contribution in [0.25, 0.3) is 11.1 Å². The third kappa shape index (κ3) is 6.59. The average Bonchev–Trinajstić information content (AvgIpc) is 2.79. The van der Waals surface area contributed by atoms with Crippen LogP contribution in [0.2, 0.25) is 0 Å². The molecule has 0 spiro atoms. The van der Waals surface area contributed by atoms with E-state index in [-0.39, 0.29) is 6.09 Å². The minimum Gasteiger partial charge on any atom is -0.444 e. The summed E-state index contributed by atoms with van der Waals surface area (Å²) in [7, 11) is 0. The molecule has 3 aromatic heterocycles. The second-order valence-electron chi connectivity index (χ2n) is 10.0. The van der Waals surface area contributed by atoms with Crippen molar-refractivity contribution in [3.8, 4) is 11.1 Å². The molecule has 7 nitrogen and oxygen atoms in total. The van der Waals surface area contributed by atoms with Crippen LogP contribution in [-0.4, -0.2) is 49.6 Å². The molecule has 0 N–H and O–H groups in total. The Hall–Kier alpha value is -3.35. The van der Waals surface area contributed by atoms with Crippen molar-refractivity contribution in [2.24, 2.45) is 5.92 Å². The number of likely N-dealkylation sites (tertiary alicyclic amines) is 1. The predicted molar refractivity (Wildman–Crippen MR) is 131 cm³/mol. The van der Waals surface area contributed by atoms with Gasteiger partial charge in [0.05, 0.1) is 6.42 Å². The number of rotatable bonds is 5. The molecule has 0 radical (unpaired) electrons. The Morgan fingerprint density at radius 3 is 2.47 bits per heavy atom. The molecule has 4 heterocycles. The van der Waals surface area contributed by atoms with E-state index in [0.29, 0.717) is 12.3 Å². The van der Waals surface area contributed by atoms with Crippen LogP contribution in [0.1, 0.15) is 56.4 Å². The number of ether oxygens (including phenoxy) is 1. The first-order valence-electron chi connectivity index (χ1n) is 11.9. The maximum absolute atomic E-state index is 12.3. The number of amides is 1. The summed E-state index contributed by atoms with van der Waals surface area (Å²) in [5.41, 5.74) is 4.67. The highest BCUT2D eigenvalue weighted by Gasteiger charge is 2.27. The fourth-order valence-electron chi connectivity index (χ4n) is 4.19. The molecule has 0 unspecified atom stereocenters. The van der Waals surface area contributed by atoms with Gasteiger partial charge < -0.3 is 9.64 Å². The number of hydrogen-bond donors (Lipinski definition) is 0. The van der Waals surface area contributed by atoms with Crippen LogP contribution in [0.5, 0.6) is 0 Å². The molecule has 34 heavy (non-hydrogen) atoms. The molecule has 0 atom stereocenters. The van der Waals surface area contributed by atoms with E-state index in [0.717, 1.165) is 60.7 Å². The van der Waals surface area contributed by atoms with Crippen molar-refractivity contribution in [1.29, 1.82) is 0 Å². The van der Waals surface area contributed by atoms with Crippen molar-refractivity contribution in [2.45, 2.75) is 59.0 Å². The molecule has 7 heteroatoms. The minimum absolute atomic E-state index is 0.212. The Labute approximate surface area is 201 Å². The maximum atomic E-state index is 12.3. The van der Waals surface area contributed by atoms with Crippen LogP contribution in [0.15, 0.2) is 49.1 Å². The first-order chi connectivity index (χ1) is 16.2. The van der Waals surface area contributed by atoms with Crippen molar-refractivity contribution in [1.82, 2.24) is 24.8 Å². The number of aromatic nitrogens is 4. The molecule has 0 saturated carbocycles. The number of piperidine rings is 1. The Kier molecular flexibility index (Phi) is 7.20. The molecule has 1 aliphatic heterocycles. The summed E-state index contributed by atoms with van der Waals surface area (Å²) >= 11 is 0. The van der Waals surface area contributed by atoms with Crippen molar-refractivity contribution < 1.29 is 9.53 Å². The molecular weight excluding hydrogens is 426 g/mol. The zero-order chi connectivity index (χ0) is 24.1. The van der Waals surface area contributed by atoms with E-state index in [4.69, 9.17) is 4.74 Å². The van der Waals surface area contributed by atoms with Crippen LogP contribution in [0.4, 0.5) is 4.79 Å². The number of hydrogen-bond acceptors (Lipinski definition) is 6. The molecule has 3 aromatic rings. The number of carbonyl (C=O) groups is 1. The molecule has 1 amide bonds. The van der Waals surface area contributed by atoms with Gasteiger partial charge in [-0.25, -0.2) is 14.8 Å². The van der Waals surface area contributed by atoms with Gasteiger partial charge in [0, 0.05) is 60.4 Å². The van der Waals surface area contributed by atoms with Gasteiger partial charge in [-0.2, -0.15) is 0 Å². The van der Waals surface area contributed by atoms with Crippen LogP contribution >= 0.6 is 0 Å². The fraction of sp³-hybridized carbons (Fsp3) is 0.444. The monoisotopic (exact) mass is 459 g/mol. The number of carbonyl (C=O) groups excluding carboxylic acids is 1. The third-order valence-electron chi connectivity index (χ3n) is 5.91. The molecule has 1 saturated heterocycles. The van der Waals surface area contributed by atoms with Gasteiger partial charge in [0.2, 0.25) is 0 Å². The fourth-order valence-corrected chi connectivity index (χ4v) is 4.19. The largest absolute Gasteiger partial charge is 0.444 e. The minimum atomic E-state index is -0.459. The SMILES string of the molecule is Cc1cccc(Cc2ncc(-c3cncc(CC4CCN(C(=O)OC(C)(C)C)CC4)c3)cn2)n1. The summed E-state index contributed by atoms with van der Waals surface area (Å²) in [6, 6.07) is 8.16. The molecule has 178 valence electrons. The summed E-state index contributed by atoms with van der Waals surface area (Å²) in [6.07, 6.45) is 10.8. The van der Waals surface area contributed by atoms with Gasteiger partial charge in [-0.05, 0) is 76.6 Å². The third-order valence-corrected chi connectivity index (χ3v) is 5.91. The van der Waals surface area contributed by atoms with Crippen LogP contribution < -0.4 is 0 Å². The van der Waals surface area contributed by atoms with Gasteiger partial charge in [0.15, 0.2) is 0 Å². The van der Waals surface area contributed by atoms with Crippen LogP contribution in [-0.2, 0) is 17.6 Å². The molecule has 1 aliphatic rings. The van der Waals surface area contributed by atoms with Crippen LogP contribution in [0, 0.1) is 12.8 Å². The van der Waals surface area contributed by atoms with Gasteiger partial charge in [-0.15, -0.1) is 0 Å². The summed E-state index contributed by atoms with van der Waals surface area (Å²) in [5.74, 6) is 1.28. The first-order valence-corrected chi connectivity index (χ1v) is 11.9. The number of aryl methyl sites for hydroxylation is 1. The van der Waals surface area contributed by atoms with Gasteiger partial charge in [0.25, 0.3) is 0 Å². The predicted octanol–water partition coefficient (Wildman–Crippen LogP) is 5.02. The quantitative estimate of drug-likeness (QED) is 0.533. The summed E-state index contributed by atoms with van der Waals surface area (Å²) in [6.45, 7) is 9.15. The molecule has 0 aromatic carbocycles. The normalized spacial score (nSPS) is 14.8. The molecule has 1 fully saturated rings. The van der Waals surface area contributed by atoms with E-state index in [2.05, 4.69) is 26.0 Å². The van der Waals surface area contributed by atoms with Gasteiger partial charge >= 0.3 is 6.09 Å². The summed E-state index contributed by atoms with van der Waals surface area (Å²) in [4.78, 5) is 32.2. The molecule has 4 rings (SSSR count). The molecular formula is C27H33N5O2. The number of pyridine rings is 2. The van der Waals surface area contributed by atoms with E-state index in [1.807, 2.05) is 75.6 Å². The first kappa shape index (κ1) is 23.8. The van der Waals surface area contributed by atoms with Gasteiger partial charge in [-0.1, -0.05) is 6.07 Å². The highest BCUT2D eigenvalue weighted by Crippen LogP contribution is 2.25. The lowest BCUT2D eigenvalue weighted by Gasteiger charge is -2.33. The van der Waals surface area contributed by atoms with Crippen LogP contribution in [0.3, 0.4) is 0 Å². The van der Waals surface area contributed by atoms with Crippen molar-refractivity contribution in [2.75, 3.05) is 13.1 Å². The van der Waals surface area contributed by atoms with E-state index in [1.54, 1.807) is 0 Å². The number of nitrogens with zero attached hydrogens (tertiary/aromatic N) is 5. The standard InChI is InChI=1S/C27H33N5O2/c1-19-6-5-7-24(31-19)14-25-29-17-23(18-30-25)22-13-21(15-28-16-22)12-20-8-10-32(11-9-20)26(33)34-27(2,3)4/h5-7,13,15-18,20H,8-12,14H2,1-4H3. The Balaban J connectivity index is 1.34. The second-order valence-corrected chi connectivity index (χ2v) is 10.0. The highest BCUT2D eigenvalue weighted by molar-refractivity contribution is 5.68. The van der Waals surface area contributed by atoms with Gasteiger partial charge in [-0.3, -0.25) is 9.97 Å². The van der Waals surface area contributed by atoms with E-state index in [1.165, 1.54) is 5.56 Å². The smallest absolute Gasteiger partial charge is 0.410 e. The lowest BCUT2D eigenvalue weighted by molar-refractivity contribution is 0.0184. The highest BCUT2D eigenvalue weighted by atomic mass is 16.6. The topological polar surface area (TPSA) is 81.1 Å². The maximum Gasteiger partial charge on any atom is 0.410 e.